The van der Waals surface area contributed by atoms with Gasteiger partial charge in [-0.3, -0.25) is 4.72 Å². The first-order chi connectivity index (χ1) is 9.41. The van der Waals surface area contributed by atoms with E-state index in [4.69, 9.17) is 21.1 Å². The molecule has 0 saturated heterocycles. The first kappa shape index (κ1) is 17.5. The van der Waals surface area contributed by atoms with Crippen molar-refractivity contribution in [2.45, 2.75) is 38.5 Å². The third-order valence-corrected chi connectivity index (χ3v) is 3.80. The molecule has 0 bridgehead atoms. The van der Waals surface area contributed by atoms with Crippen LogP contribution >= 0.6 is 23.5 Å². The van der Waals surface area contributed by atoms with E-state index >= 15 is 0 Å². The Morgan fingerprint density at radius 1 is 1.10 bits per heavy atom. The van der Waals surface area contributed by atoms with Gasteiger partial charge >= 0.3 is 0 Å². The second-order valence-electron chi connectivity index (χ2n) is 5.45. The maximum absolute atomic E-state index is 5.89. The third kappa shape index (κ3) is 5.43. The van der Waals surface area contributed by atoms with Crippen molar-refractivity contribution in [3.05, 3.63) is 23.3 Å². The Labute approximate surface area is 131 Å². The van der Waals surface area contributed by atoms with Gasteiger partial charge in [-0.2, -0.15) is 0 Å². The van der Waals surface area contributed by atoms with Crippen LogP contribution in [-0.4, -0.2) is 24.8 Å². The Morgan fingerprint density at radius 3 is 2.10 bits per heavy atom. The summed E-state index contributed by atoms with van der Waals surface area (Å²) in [6.07, 6.45) is 0.819. The molecule has 5 heteroatoms. The Hall–Kier alpha value is -0.580. The van der Waals surface area contributed by atoms with E-state index in [1.54, 1.807) is 26.2 Å². The van der Waals surface area contributed by atoms with Gasteiger partial charge in [0.15, 0.2) is 11.5 Å². The van der Waals surface area contributed by atoms with E-state index in [2.05, 4.69) is 25.5 Å². The molecule has 0 aliphatic heterocycles. The molecule has 0 aliphatic rings. The summed E-state index contributed by atoms with van der Waals surface area (Å²) in [6.45, 7) is 7.31. The van der Waals surface area contributed by atoms with Gasteiger partial charge in [0, 0.05) is 17.2 Å². The molecule has 1 aromatic rings. The molecule has 0 heterocycles. The lowest BCUT2D eigenvalue weighted by molar-refractivity contribution is 0.354. The van der Waals surface area contributed by atoms with Gasteiger partial charge in [0.25, 0.3) is 0 Å². The number of hydrogen-bond acceptors (Lipinski definition) is 4. The van der Waals surface area contributed by atoms with Crippen LogP contribution in [0.2, 0.25) is 0 Å². The van der Waals surface area contributed by atoms with E-state index in [0.717, 1.165) is 24.5 Å². The van der Waals surface area contributed by atoms with Gasteiger partial charge in [-0.05, 0) is 50.5 Å². The fourth-order valence-corrected chi connectivity index (χ4v) is 2.66. The number of nitrogens with one attached hydrogen (secondary N) is 1. The lowest BCUT2D eigenvalue weighted by atomic mass is 10.0. The summed E-state index contributed by atoms with van der Waals surface area (Å²) in [6, 6.07) is 4.04. The maximum atomic E-state index is 5.89. The van der Waals surface area contributed by atoms with Gasteiger partial charge in [-0.15, -0.1) is 11.6 Å². The summed E-state index contributed by atoms with van der Waals surface area (Å²) in [5.74, 6) is 2.10. The standard InChI is InChI=1S/C15H24ClNO2S/c1-15(2,3)20-17-10-12-9-14(19-5)13(18-4)8-11(12)6-7-16/h8-9,17H,6-7,10H2,1-5H3. The quantitative estimate of drug-likeness (QED) is 0.608. The molecule has 0 radical (unpaired) electrons. The summed E-state index contributed by atoms with van der Waals surface area (Å²) in [5, 5.41) is 0. The first-order valence-electron chi connectivity index (χ1n) is 6.62. The van der Waals surface area contributed by atoms with Gasteiger partial charge in [0.2, 0.25) is 0 Å². The van der Waals surface area contributed by atoms with Gasteiger partial charge in [0.1, 0.15) is 0 Å². The number of benzene rings is 1. The minimum atomic E-state index is 0.184. The third-order valence-electron chi connectivity index (χ3n) is 2.71. The smallest absolute Gasteiger partial charge is 0.161 e. The number of methoxy groups -OCH3 is 2. The highest BCUT2D eigenvalue weighted by Gasteiger charge is 2.13. The van der Waals surface area contributed by atoms with Crippen LogP contribution in [0.5, 0.6) is 11.5 Å². The van der Waals surface area contributed by atoms with Crippen LogP contribution in [0.25, 0.3) is 0 Å². The fraction of sp³-hybridized carbons (Fsp3) is 0.600. The van der Waals surface area contributed by atoms with Crippen molar-refractivity contribution in [1.29, 1.82) is 0 Å². The number of halogens is 1. The van der Waals surface area contributed by atoms with E-state index in [-0.39, 0.29) is 4.75 Å². The first-order valence-corrected chi connectivity index (χ1v) is 7.97. The van der Waals surface area contributed by atoms with E-state index in [0.29, 0.717) is 5.88 Å². The monoisotopic (exact) mass is 317 g/mol. The van der Waals surface area contributed by atoms with E-state index < -0.39 is 0 Å². The van der Waals surface area contributed by atoms with E-state index in [1.165, 1.54) is 11.1 Å². The van der Waals surface area contributed by atoms with Crippen LogP contribution < -0.4 is 14.2 Å². The fourth-order valence-electron chi connectivity index (χ4n) is 1.79. The molecular weight excluding hydrogens is 294 g/mol. The summed E-state index contributed by atoms with van der Waals surface area (Å²) < 4.78 is 14.3. The van der Waals surface area contributed by atoms with Crippen molar-refractivity contribution in [3.8, 4) is 11.5 Å². The zero-order chi connectivity index (χ0) is 15.2. The average Bonchev–Trinajstić information content (AvgIpc) is 2.38. The summed E-state index contributed by atoms with van der Waals surface area (Å²) >= 11 is 7.61. The molecule has 0 spiro atoms. The topological polar surface area (TPSA) is 30.5 Å². The molecule has 0 atom stereocenters. The van der Waals surface area contributed by atoms with Crippen molar-refractivity contribution in [1.82, 2.24) is 4.72 Å². The summed E-state index contributed by atoms with van der Waals surface area (Å²) in [7, 11) is 3.30. The molecule has 3 nitrogen and oxygen atoms in total. The lowest BCUT2D eigenvalue weighted by Gasteiger charge is -2.19. The van der Waals surface area contributed by atoms with Crippen LogP contribution in [-0.2, 0) is 13.0 Å². The predicted molar refractivity (Wildman–Crippen MR) is 88.2 cm³/mol. The van der Waals surface area contributed by atoms with Gasteiger partial charge in [-0.1, -0.05) is 11.9 Å². The number of hydrogen-bond donors (Lipinski definition) is 1. The normalized spacial score (nSPS) is 11.5. The molecule has 20 heavy (non-hydrogen) atoms. The van der Waals surface area contributed by atoms with Crippen LogP contribution in [0.3, 0.4) is 0 Å². The average molecular weight is 318 g/mol. The molecule has 1 aromatic carbocycles. The van der Waals surface area contributed by atoms with Gasteiger partial charge < -0.3 is 9.47 Å². The second kappa shape index (κ2) is 8.01. The highest BCUT2D eigenvalue weighted by atomic mass is 35.5. The van der Waals surface area contributed by atoms with Gasteiger partial charge in [-0.25, -0.2) is 0 Å². The molecule has 114 valence electrons. The van der Waals surface area contributed by atoms with E-state index in [9.17, 15) is 0 Å². The Bertz CT molecular complexity index is 433. The highest BCUT2D eigenvalue weighted by Crippen LogP contribution is 2.31. The molecule has 1 rings (SSSR count). The molecule has 1 N–H and O–H groups in total. The number of ether oxygens (including phenoxy) is 2. The summed E-state index contributed by atoms with van der Waals surface area (Å²) in [4.78, 5) is 0. The zero-order valence-corrected chi connectivity index (χ0v) is 14.5. The molecule has 0 saturated carbocycles. The molecule has 0 unspecified atom stereocenters. The van der Waals surface area contributed by atoms with E-state index in [1.807, 2.05) is 12.1 Å². The molecule has 0 amide bonds. The van der Waals surface area contributed by atoms with Crippen molar-refractivity contribution in [2.75, 3.05) is 20.1 Å². The SMILES string of the molecule is COc1cc(CCCl)c(CNSC(C)(C)C)cc1OC. The zero-order valence-electron chi connectivity index (χ0n) is 12.9. The van der Waals surface area contributed by atoms with Crippen LogP contribution in [0.4, 0.5) is 0 Å². The second-order valence-corrected chi connectivity index (χ2v) is 7.55. The predicted octanol–water partition coefficient (Wildman–Crippen LogP) is 4.02. The molecule has 0 aliphatic carbocycles. The van der Waals surface area contributed by atoms with Crippen molar-refractivity contribution < 1.29 is 9.47 Å². The Kier molecular flexibility index (Phi) is 7.00. The lowest BCUT2D eigenvalue weighted by Crippen LogP contribution is -2.17. The van der Waals surface area contributed by atoms with Crippen LogP contribution in [0.1, 0.15) is 31.9 Å². The minimum absolute atomic E-state index is 0.184. The van der Waals surface area contributed by atoms with Gasteiger partial charge in [0.05, 0.1) is 14.2 Å². The molecular formula is C15H24ClNO2S. The van der Waals surface area contributed by atoms with Crippen molar-refractivity contribution in [2.24, 2.45) is 0 Å². The maximum Gasteiger partial charge on any atom is 0.161 e. The van der Waals surface area contributed by atoms with Crippen LogP contribution in [0.15, 0.2) is 12.1 Å². The molecule has 0 fully saturated rings. The van der Waals surface area contributed by atoms with Crippen molar-refractivity contribution in [3.63, 3.8) is 0 Å². The molecule has 0 aromatic heterocycles. The van der Waals surface area contributed by atoms with Crippen molar-refractivity contribution >= 4 is 23.5 Å². The number of aryl methyl sites for hydroxylation is 1. The Morgan fingerprint density at radius 2 is 1.65 bits per heavy atom. The highest BCUT2D eigenvalue weighted by molar-refractivity contribution is 7.98. The number of alkyl halides is 1. The minimum Gasteiger partial charge on any atom is -0.493 e. The van der Waals surface area contributed by atoms with Crippen LogP contribution in [0, 0.1) is 0 Å². The summed E-state index contributed by atoms with van der Waals surface area (Å²) in [5.41, 5.74) is 2.39. The number of rotatable bonds is 7. The Balaban J connectivity index is 2.91. The largest absolute Gasteiger partial charge is 0.493 e.